The number of carbonyl (C=O) groups is 2. The molecule has 0 bridgehead atoms. The lowest BCUT2D eigenvalue weighted by Gasteiger charge is -2.15. The summed E-state index contributed by atoms with van der Waals surface area (Å²) in [6, 6.07) is 0. The summed E-state index contributed by atoms with van der Waals surface area (Å²) in [5.41, 5.74) is 2.86. The Bertz CT molecular complexity index is 625. The van der Waals surface area contributed by atoms with E-state index in [9.17, 15) is 9.59 Å². The number of methoxy groups -OCH3 is 1. The Balaban J connectivity index is 1.76. The highest BCUT2D eigenvalue weighted by molar-refractivity contribution is 5.94. The predicted octanol–water partition coefficient (Wildman–Crippen LogP) is 0.132. The Hall–Kier alpha value is -1.89. The van der Waals surface area contributed by atoms with Gasteiger partial charge in [-0.3, -0.25) is 14.3 Å². The molecular formula is C16H24N4O3. The van der Waals surface area contributed by atoms with Crippen molar-refractivity contribution in [2.24, 2.45) is 13.0 Å². The van der Waals surface area contributed by atoms with Gasteiger partial charge in [-0.2, -0.15) is 5.10 Å². The van der Waals surface area contributed by atoms with Crippen molar-refractivity contribution in [2.45, 2.75) is 31.8 Å². The number of nitrogens with one attached hydrogen (secondary N) is 1. The molecular weight excluding hydrogens is 296 g/mol. The van der Waals surface area contributed by atoms with Crippen LogP contribution in [-0.4, -0.2) is 59.8 Å². The SMILES string of the molecule is CNC(=O)C[C@@H]1CN(C(=O)c2nn(C)c3c2CCC3)C[C@@H]1OC. The average Bonchev–Trinajstić information content (AvgIpc) is 3.23. The Labute approximate surface area is 136 Å². The number of ether oxygens (including phenoxy) is 1. The molecule has 0 spiro atoms. The van der Waals surface area contributed by atoms with Gasteiger partial charge in [-0.15, -0.1) is 0 Å². The fraction of sp³-hybridized carbons (Fsp3) is 0.688. The fourth-order valence-corrected chi connectivity index (χ4v) is 3.74. The quantitative estimate of drug-likeness (QED) is 0.856. The van der Waals surface area contributed by atoms with E-state index in [-0.39, 0.29) is 23.8 Å². The highest BCUT2D eigenvalue weighted by Gasteiger charge is 2.38. The molecule has 1 aromatic heterocycles. The van der Waals surface area contributed by atoms with Gasteiger partial charge in [0.25, 0.3) is 5.91 Å². The molecule has 0 unspecified atom stereocenters. The summed E-state index contributed by atoms with van der Waals surface area (Å²) in [6.07, 6.45) is 3.27. The summed E-state index contributed by atoms with van der Waals surface area (Å²) in [5.74, 6) is -0.0315. The zero-order valence-corrected chi connectivity index (χ0v) is 14.0. The van der Waals surface area contributed by atoms with Crippen LogP contribution in [0.25, 0.3) is 0 Å². The number of likely N-dealkylation sites (tertiary alicyclic amines) is 1. The molecule has 126 valence electrons. The maximum Gasteiger partial charge on any atom is 0.274 e. The number of rotatable bonds is 4. The second kappa shape index (κ2) is 6.31. The lowest BCUT2D eigenvalue weighted by molar-refractivity contribution is -0.122. The zero-order chi connectivity index (χ0) is 16.6. The first-order chi connectivity index (χ1) is 11.0. The van der Waals surface area contributed by atoms with E-state index in [2.05, 4.69) is 10.4 Å². The lowest BCUT2D eigenvalue weighted by Crippen LogP contribution is -2.31. The summed E-state index contributed by atoms with van der Waals surface area (Å²) < 4.78 is 7.32. The van der Waals surface area contributed by atoms with Crippen molar-refractivity contribution in [1.82, 2.24) is 20.0 Å². The first-order valence-corrected chi connectivity index (χ1v) is 8.12. The molecule has 0 radical (unpaired) electrons. The van der Waals surface area contributed by atoms with Gasteiger partial charge in [0, 0.05) is 57.9 Å². The van der Waals surface area contributed by atoms with E-state index in [1.54, 1.807) is 19.1 Å². The van der Waals surface area contributed by atoms with Crippen molar-refractivity contribution < 1.29 is 14.3 Å². The molecule has 3 rings (SSSR count). The number of aromatic nitrogens is 2. The number of nitrogens with zero attached hydrogens (tertiary/aromatic N) is 3. The first kappa shape index (κ1) is 16.0. The number of fused-ring (bicyclic) bond motifs is 1. The van der Waals surface area contributed by atoms with Crippen LogP contribution in [0.2, 0.25) is 0 Å². The summed E-state index contributed by atoms with van der Waals surface area (Å²) in [6.45, 7) is 1.05. The van der Waals surface area contributed by atoms with Gasteiger partial charge in [0.15, 0.2) is 5.69 Å². The van der Waals surface area contributed by atoms with E-state index in [1.165, 1.54) is 5.69 Å². The molecule has 2 aliphatic rings. The molecule has 23 heavy (non-hydrogen) atoms. The highest BCUT2D eigenvalue weighted by Crippen LogP contribution is 2.28. The highest BCUT2D eigenvalue weighted by atomic mass is 16.5. The van der Waals surface area contributed by atoms with Gasteiger partial charge in [-0.1, -0.05) is 0 Å². The topological polar surface area (TPSA) is 76.5 Å². The van der Waals surface area contributed by atoms with Crippen molar-refractivity contribution in [3.8, 4) is 0 Å². The summed E-state index contributed by atoms with van der Waals surface area (Å²) in [7, 11) is 5.16. The maximum atomic E-state index is 12.9. The summed E-state index contributed by atoms with van der Waals surface area (Å²) in [4.78, 5) is 26.3. The Morgan fingerprint density at radius 3 is 2.83 bits per heavy atom. The molecule has 1 aliphatic carbocycles. The summed E-state index contributed by atoms with van der Waals surface area (Å²) in [5, 5.41) is 7.07. The van der Waals surface area contributed by atoms with Crippen LogP contribution in [0.4, 0.5) is 0 Å². The van der Waals surface area contributed by atoms with Gasteiger partial charge in [0.1, 0.15) is 0 Å². The minimum atomic E-state index is -0.104. The van der Waals surface area contributed by atoms with Gasteiger partial charge in [0.2, 0.25) is 5.91 Å². The van der Waals surface area contributed by atoms with E-state index in [0.717, 1.165) is 24.8 Å². The average molecular weight is 320 g/mol. The molecule has 2 amide bonds. The first-order valence-electron chi connectivity index (χ1n) is 8.12. The fourth-order valence-electron chi connectivity index (χ4n) is 3.74. The molecule has 2 atom stereocenters. The van der Waals surface area contributed by atoms with Crippen LogP contribution < -0.4 is 5.32 Å². The molecule has 1 aliphatic heterocycles. The minimum Gasteiger partial charge on any atom is -0.379 e. The standard InChI is InChI=1S/C16H24N4O3/c1-17-14(21)7-10-8-20(9-13(10)23-3)16(22)15-11-5-4-6-12(11)19(2)18-15/h10,13H,4-9H2,1-3H3,(H,17,21)/t10-,13+/m1/s1. The van der Waals surface area contributed by atoms with E-state index in [4.69, 9.17) is 4.74 Å². The Morgan fingerprint density at radius 1 is 1.35 bits per heavy atom. The zero-order valence-electron chi connectivity index (χ0n) is 14.0. The predicted molar refractivity (Wildman–Crippen MR) is 84.1 cm³/mol. The van der Waals surface area contributed by atoms with E-state index >= 15 is 0 Å². The Morgan fingerprint density at radius 2 is 2.13 bits per heavy atom. The Kier molecular flexibility index (Phi) is 4.39. The van der Waals surface area contributed by atoms with Gasteiger partial charge < -0.3 is 15.0 Å². The van der Waals surface area contributed by atoms with Crippen molar-refractivity contribution in [3.05, 3.63) is 17.0 Å². The van der Waals surface area contributed by atoms with Gasteiger partial charge in [0.05, 0.1) is 6.10 Å². The second-order valence-corrected chi connectivity index (χ2v) is 6.37. The monoisotopic (exact) mass is 320 g/mol. The van der Waals surface area contributed by atoms with Crippen LogP contribution in [0.3, 0.4) is 0 Å². The van der Waals surface area contributed by atoms with Crippen LogP contribution in [0.1, 0.15) is 34.6 Å². The van der Waals surface area contributed by atoms with Crippen LogP contribution >= 0.6 is 0 Å². The van der Waals surface area contributed by atoms with Crippen LogP contribution in [0, 0.1) is 5.92 Å². The molecule has 1 saturated heterocycles. The summed E-state index contributed by atoms with van der Waals surface area (Å²) >= 11 is 0. The molecule has 0 aromatic carbocycles. The maximum absolute atomic E-state index is 12.9. The number of hydrogen-bond acceptors (Lipinski definition) is 4. The lowest BCUT2D eigenvalue weighted by atomic mass is 10.0. The van der Waals surface area contributed by atoms with Crippen molar-refractivity contribution >= 4 is 11.8 Å². The molecule has 1 aromatic rings. The van der Waals surface area contributed by atoms with E-state index in [1.807, 2.05) is 11.7 Å². The third-order valence-corrected chi connectivity index (χ3v) is 5.02. The molecule has 0 saturated carbocycles. The number of hydrogen-bond donors (Lipinski definition) is 1. The van der Waals surface area contributed by atoms with Crippen LogP contribution in [0.15, 0.2) is 0 Å². The van der Waals surface area contributed by atoms with Crippen molar-refractivity contribution in [3.63, 3.8) is 0 Å². The number of amides is 2. The molecule has 7 heteroatoms. The number of aryl methyl sites for hydroxylation is 1. The molecule has 1 fully saturated rings. The molecule has 7 nitrogen and oxygen atoms in total. The van der Waals surface area contributed by atoms with Crippen LogP contribution in [0.5, 0.6) is 0 Å². The molecule has 2 heterocycles. The van der Waals surface area contributed by atoms with Crippen molar-refractivity contribution in [2.75, 3.05) is 27.2 Å². The van der Waals surface area contributed by atoms with Gasteiger partial charge in [-0.05, 0) is 19.3 Å². The number of carbonyl (C=O) groups excluding carboxylic acids is 2. The third-order valence-electron chi connectivity index (χ3n) is 5.02. The second-order valence-electron chi connectivity index (χ2n) is 6.37. The molecule has 1 N–H and O–H groups in total. The van der Waals surface area contributed by atoms with Gasteiger partial charge in [-0.25, -0.2) is 0 Å². The van der Waals surface area contributed by atoms with E-state index < -0.39 is 0 Å². The smallest absolute Gasteiger partial charge is 0.274 e. The third kappa shape index (κ3) is 2.85. The normalized spacial score (nSPS) is 23.2. The van der Waals surface area contributed by atoms with E-state index in [0.29, 0.717) is 25.2 Å². The largest absolute Gasteiger partial charge is 0.379 e. The van der Waals surface area contributed by atoms with Crippen molar-refractivity contribution in [1.29, 1.82) is 0 Å². The minimum absolute atomic E-state index is 0.0231. The van der Waals surface area contributed by atoms with Crippen LogP contribution in [-0.2, 0) is 29.4 Å². The van der Waals surface area contributed by atoms with Gasteiger partial charge >= 0.3 is 0 Å².